The molecular formula is C12H22N2O2. The predicted octanol–water partition coefficient (Wildman–Crippen LogP) is 1.02. The summed E-state index contributed by atoms with van der Waals surface area (Å²) in [5.41, 5.74) is 0. The fourth-order valence-corrected chi connectivity index (χ4v) is 3.18. The number of nitrogens with zero attached hydrogens (tertiary/aromatic N) is 2. The molecule has 2 rings (SSSR count). The van der Waals surface area contributed by atoms with Crippen LogP contribution in [0.25, 0.3) is 0 Å². The van der Waals surface area contributed by atoms with E-state index in [9.17, 15) is 4.79 Å². The number of hydrogen-bond acceptors (Lipinski definition) is 3. The van der Waals surface area contributed by atoms with Gasteiger partial charge in [-0.2, -0.15) is 0 Å². The maximum absolute atomic E-state index is 10.9. The summed E-state index contributed by atoms with van der Waals surface area (Å²) in [5, 5.41) is 8.94. The van der Waals surface area contributed by atoms with Gasteiger partial charge in [0.1, 0.15) is 0 Å². The predicted molar refractivity (Wildman–Crippen MR) is 62.5 cm³/mol. The van der Waals surface area contributed by atoms with Crippen LogP contribution in [0.5, 0.6) is 0 Å². The summed E-state index contributed by atoms with van der Waals surface area (Å²) >= 11 is 0. The monoisotopic (exact) mass is 226 g/mol. The van der Waals surface area contributed by atoms with Crippen LogP contribution < -0.4 is 0 Å². The van der Waals surface area contributed by atoms with E-state index in [1.54, 1.807) is 0 Å². The molecule has 2 aliphatic rings. The molecule has 0 bridgehead atoms. The minimum atomic E-state index is -0.650. The summed E-state index contributed by atoms with van der Waals surface area (Å²) in [6.45, 7) is 3.33. The lowest BCUT2D eigenvalue weighted by Crippen LogP contribution is -2.49. The molecule has 4 nitrogen and oxygen atoms in total. The highest BCUT2D eigenvalue weighted by atomic mass is 16.4. The second-order valence-electron chi connectivity index (χ2n) is 5.19. The molecular weight excluding hydrogens is 204 g/mol. The molecule has 2 heterocycles. The molecule has 92 valence electrons. The molecule has 0 aromatic rings. The Bertz CT molecular complexity index is 257. The van der Waals surface area contributed by atoms with E-state index < -0.39 is 5.97 Å². The highest BCUT2D eigenvalue weighted by Gasteiger charge is 2.33. The van der Waals surface area contributed by atoms with E-state index in [1.807, 2.05) is 0 Å². The van der Waals surface area contributed by atoms with E-state index in [1.165, 1.54) is 19.3 Å². The number of rotatable bonds is 2. The minimum Gasteiger partial charge on any atom is -0.481 e. The Labute approximate surface area is 97.2 Å². The molecule has 1 N–H and O–H groups in total. The van der Waals surface area contributed by atoms with Crippen molar-refractivity contribution in [1.82, 2.24) is 9.80 Å². The van der Waals surface area contributed by atoms with E-state index in [-0.39, 0.29) is 6.04 Å². The van der Waals surface area contributed by atoms with Gasteiger partial charge in [-0.3, -0.25) is 9.69 Å². The Morgan fingerprint density at radius 3 is 2.88 bits per heavy atom. The van der Waals surface area contributed by atoms with Crippen LogP contribution >= 0.6 is 0 Å². The first-order valence-corrected chi connectivity index (χ1v) is 6.33. The van der Waals surface area contributed by atoms with Gasteiger partial charge < -0.3 is 10.0 Å². The highest BCUT2D eigenvalue weighted by molar-refractivity contribution is 5.67. The fourth-order valence-electron chi connectivity index (χ4n) is 3.18. The fraction of sp³-hybridized carbons (Fsp3) is 0.917. The van der Waals surface area contributed by atoms with Crippen molar-refractivity contribution in [2.75, 3.05) is 26.7 Å². The van der Waals surface area contributed by atoms with Crippen LogP contribution in [0.1, 0.15) is 32.1 Å². The summed E-state index contributed by atoms with van der Waals surface area (Å²) in [7, 11) is 2.17. The van der Waals surface area contributed by atoms with Crippen LogP contribution in [0.3, 0.4) is 0 Å². The third kappa shape index (κ3) is 2.74. The number of carboxylic acids is 1. The van der Waals surface area contributed by atoms with Crippen molar-refractivity contribution in [1.29, 1.82) is 0 Å². The van der Waals surface area contributed by atoms with Gasteiger partial charge in [-0.05, 0) is 32.9 Å². The molecule has 0 aliphatic carbocycles. The van der Waals surface area contributed by atoms with Gasteiger partial charge in [0.25, 0.3) is 0 Å². The minimum absolute atomic E-state index is 0.280. The molecule has 4 heteroatoms. The number of aliphatic carboxylic acids is 1. The normalized spacial score (nSPS) is 33.1. The lowest BCUT2D eigenvalue weighted by atomic mass is 9.93. The van der Waals surface area contributed by atoms with Crippen molar-refractivity contribution in [3.8, 4) is 0 Å². The molecule has 2 unspecified atom stereocenters. The zero-order valence-electron chi connectivity index (χ0n) is 10.1. The van der Waals surface area contributed by atoms with Crippen molar-refractivity contribution in [3.05, 3.63) is 0 Å². The van der Waals surface area contributed by atoms with Gasteiger partial charge in [-0.15, -0.1) is 0 Å². The van der Waals surface area contributed by atoms with Crippen molar-refractivity contribution < 1.29 is 9.90 Å². The smallest absolute Gasteiger partial charge is 0.304 e. The van der Waals surface area contributed by atoms with Crippen LogP contribution in [0.15, 0.2) is 0 Å². The van der Waals surface area contributed by atoms with Crippen LogP contribution in [0.2, 0.25) is 0 Å². The molecule has 0 radical (unpaired) electrons. The lowest BCUT2D eigenvalue weighted by molar-refractivity contribution is -0.139. The number of carboxylic acid groups (broad SMARTS) is 1. The van der Waals surface area contributed by atoms with E-state index >= 15 is 0 Å². The van der Waals surface area contributed by atoms with Gasteiger partial charge in [0, 0.05) is 25.2 Å². The van der Waals surface area contributed by atoms with Crippen LogP contribution in [-0.2, 0) is 4.79 Å². The Morgan fingerprint density at radius 2 is 2.12 bits per heavy atom. The average molecular weight is 226 g/mol. The van der Waals surface area contributed by atoms with Crippen LogP contribution in [-0.4, -0.2) is 59.6 Å². The lowest BCUT2D eigenvalue weighted by Gasteiger charge is -2.41. The van der Waals surface area contributed by atoms with Gasteiger partial charge in [0.15, 0.2) is 0 Å². The third-order valence-electron chi connectivity index (χ3n) is 3.90. The Morgan fingerprint density at radius 1 is 1.31 bits per heavy atom. The van der Waals surface area contributed by atoms with E-state index in [2.05, 4.69) is 16.8 Å². The number of likely N-dealkylation sites (N-methyl/N-ethyl adjacent to an activating group) is 1. The summed E-state index contributed by atoms with van der Waals surface area (Å²) in [6.07, 6.45) is 4.98. The number of fused-ring (bicyclic) bond motifs is 1. The average Bonchev–Trinajstić information content (AvgIpc) is 2.38. The van der Waals surface area contributed by atoms with Crippen molar-refractivity contribution in [2.45, 2.75) is 44.2 Å². The molecule has 0 aromatic carbocycles. The SMILES string of the molecule is CN1CCCN2C(CC(=O)O)CCCC2C1. The first-order chi connectivity index (χ1) is 7.66. The second-order valence-corrected chi connectivity index (χ2v) is 5.19. The van der Waals surface area contributed by atoms with E-state index in [4.69, 9.17) is 5.11 Å². The maximum atomic E-state index is 10.9. The summed E-state index contributed by atoms with van der Waals surface area (Å²) < 4.78 is 0. The topological polar surface area (TPSA) is 43.8 Å². The van der Waals surface area contributed by atoms with Gasteiger partial charge in [-0.25, -0.2) is 0 Å². The molecule has 2 saturated heterocycles. The van der Waals surface area contributed by atoms with Crippen LogP contribution in [0, 0.1) is 0 Å². The van der Waals surface area contributed by atoms with Gasteiger partial charge in [0.2, 0.25) is 0 Å². The molecule has 2 atom stereocenters. The third-order valence-corrected chi connectivity index (χ3v) is 3.90. The number of hydrogen-bond donors (Lipinski definition) is 1. The van der Waals surface area contributed by atoms with Gasteiger partial charge in [-0.1, -0.05) is 6.42 Å². The molecule has 2 aliphatic heterocycles. The standard InChI is InChI=1S/C12H22N2O2/c1-13-6-3-7-14-10(8-12(15)16)4-2-5-11(14)9-13/h10-11H,2-9H2,1H3,(H,15,16). The zero-order valence-corrected chi connectivity index (χ0v) is 10.1. The summed E-state index contributed by atoms with van der Waals surface area (Å²) in [4.78, 5) is 15.7. The second kappa shape index (κ2) is 5.15. The number of carbonyl (C=O) groups is 1. The number of piperidine rings is 1. The summed E-state index contributed by atoms with van der Waals surface area (Å²) in [5.74, 6) is -0.650. The Hall–Kier alpha value is -0.610. The maximum Gasteiger partial charge on any atom is 0.304 e. The Kier molecular flexibility index (Phi) is 3.82. The zero-order chi connectivity index (χ0) is 11.5. The van der Waals surface area contributed by atoms with E-state index in [0.29, 0.717) is 12.5 Å². The van der Waals surface area contributed by atoms with Crippen LogP contribution in [0.4, 0.5) is 0 Å². The highest BCUT2D eigenvalue weighted by Crippen LogP contribution is 2.27. The largest absolute Gasteiger partial charge is 0.481 e. The molecule has 0 aromatic heterocycles. The van der Waals surface area contributed by atoms with Crippen molar-refractivity contribution in [2.24, 2.45) is 0 Å². The molecule has 0 spiro atoms. The molecule has 2 fully saturated rings. The Balaban J connectivity index is 2.02. The molecule has 0 saturated carbocycles. The van der Waals surface area contributed by atoms with Gasteiger partial charge in [0.05, 0.1) is 6.42 Å². The van der Waals surface area contributed by atoms with E-state index in [0.717, 1.165) is 26.1 Å². The van der Waals surface area contributed by atoms with Crippen molar-refractivity contribution >= 4 is 5.97 Å². The quantitative estimate of drug-likeness (QED) is 0.763. The molecule has 0 amide bonds. The first-order valence-electron chi connectivity index (χ1n) is 6.33. The molecule has 16 heavy (non-hydrogen) atoms. The summed E-state index contributed by atoms with van der Waals surface area (Å²) in [6, 6.07) is 0.869. The van der Waals surface area contributed by atoms with Crippen molar-refractivity contribution in [3.63, 3.8) is 0 Å². The van der Waals surface area contributed by atoms with Gasteiger partial charge >= 0.3 is 5.97 Å². The first kappa shape index (κ1) is 11.9.